The van der Waals surface area contributed by atoms with E-state index in [9.17, 15) is 9.90 Å². The van der Waals surface area contributed by atoms with Gasteiger partial charge in [0.2, 0.25) is 6.79 Å². The van der Waals surface area contributed by atoms with Gasteiger partial charge in [-0.1, -0.05) is 0 Å². The number of nitrogens with zero attached hydrogens (tertiary/aromatic N) is 1. The average Bonchev–Trinajstić information content (AvgIpc) is 2.89. The Hall–Kier alpha value is -1.95. The molecule has 1 N–H and O–H groups in total. The molecule has 19 heavy (non-hydrogen) atoms. The van der Waals surface area contributed by atoms with Gasteiger partial charge in [0.1, 0.15) is 5.75 Å². The molecular formula is C13H17NO5. The summed E-state index contributed by atoms with van der Waals surface area (Å²) in [7, 11) is 1.71. The van der Waals surface area contributed by atoms with E-state index in [1.165, 1.54) is 0 Å². The fourth-order valence-corrected chi connectivity index (χ4v) is 1.65. The molecule has 1 aliphatic heterocycles. The van der Waals surface area contributed by atoms with Gasteiger partial charge < -0.3 is 24.2 Å². The van der Waals surface area contributed by atoms with Crippen molar-refractivity contribution >= 4 is 5.91 Å². The monoisotopic (exact) mass is 267 g/mol. The van der Waals surface area contributed by atoms with Crippen LogP contribution in [0.25, 0.3) is 0 Å². The molecule has 0 aliphatic carbocycles. The van der Waals surface area contributed by atoms with Crippen LogP contribution < -0.4 is 14.2 Å². The quantitative estimate of drug-likeness (QED) is 0.853. The van der Waals surface area contributed by atoms with E-state index in [0.717, 1.165) is 0 Å². The number of likely N-dealkylation sites (N-methyl/N-ethyl adjacent to an activating group) is 1. The van der Waals surface area contributed by atoms with Crippen molar-refractivity contribution in [3.63, 3.8) is 0 Å². The number of carbonyl (C=O) groups excluding carboxylic acids is 1. The Labute approximate surface area is 111 Å². The van der Waals surface area contributed by atoms with Crippen LogP contribution in [0.2, 0.25) is 0 Å². The first kappa shape index (κ1) is 13.5. The fraction of sp³-hybridized carbons (Fsp3) is 0.462. The minimum Gasteiger partial charge on any atom is -0.483 e. The zero-order valence-corrected chi connectivity index (χ0v) is 11.0. The van der Waals surface area contributed by atoms with Gasteiger partial charge in [-0.2, -0.15) is 0 Å². The molecule has 1 aromatic carbocycles. The summed E-state index contributed by atoms with van der Waals surface area (Å²) in [6.07, 6.45) is 0. The predicted molar refractivity (Wildman–Crippen MR) is 67.3 cm³/mol. The van der Waals surface area contributed by atoms with Gasteiger partial charge in [-0.05, 0) is 13.0 Å². The molecule has 0 aromatic heterocycles. The molecule has 0 radical (unpaired) electrons. The Kier molecular flexibility index (Phi) is 4.11. The lowest BCUT2D eigenvalue weighted by Crippen LogP contribution is -2.31. The molecule has 6 heteroatoms. The minimum atomic E-state index is -0.191. The average molecular weight is 267 g/mol. The van der Waals surface area contributed by atoms with Crippen LogP contribution in [-0.2, 0) is 11.4 Å². The largest absolute Gasteiger partial charge is 0.483 e. The molecule has 104 valence electrons. The van der Waals surface area contributed by atoms with E-state index in [1.54, 1.807) is 24.1 Å². The number of hydrogen-bond acceptors (Lipinski definition) is 5. The lowest BCUT2D eigenvalue weighted by Gasteiger charge is -2.16. The van der Waals surface area contributed by atoms with E-state index in [4.69, 9.17) is 14.2 Å². The first-order chi connectivity index (χ1) is 9.15. The molecular weight excluding hydrogens is 250 g/mol. The third-order valence-electron chi connectivity index (χ3n) is 2.98. The first-order valence-corrected chi connectivity index (χ1v) is 6.05. The number of amides is 1. The van der Waals surface area contributed by atoms with Crippen molar-refractivity contribution in [1.29, 1.82) is 0 Å². The van der Waals surface area contributed by atoms with Crippen LogP contribution >= 0.6 is 0 Å². The van der Waals surface area contributed by atoms with E-state index < -0.39 is 0 Å². The second kappa shape index (κ2) is 5.79. The summed E-state index contributed by atoms with van der Waals surface area (Å²) in [5, 5.41) is 9.30. The lowest BCUT2D eigenvalue weighted by molar-refractivity contribution is -0.131. The van der Waals surface area contributed by atoms with Crippen molar-refractivity contribution in [1.82, 2.24) is 4.90 Å². The van der Waals surface area contributed by atoms with Crippen molar-refractivity contribution in [2.24, 2.45) is 0 Å². The summed E-state index contributed by atoms with van der Waals surface area (Å²) < 4.78 is 15.9. The zero-order valence-electron chi connectivity index (χ0n) is 11.0. The Morgan fingerprint density at radius 1 is 1.42 bits per heavy atom. The number of ether oxygens (including phenoxy) is 3. The van der Waals surface area contributed by atoms with Crippen LogP contribution in [0, 0.1) is 0 Å². The smallest absolute Gasteiger partial charge is 0.260 e. The number of rotatable bonds is 5. The molecule has 1 heterocycles. The topological polar surface area (TPSA) is 68.2 Å². The highest BCUT2D eigenvalue weighted by Crippen LogP contribution is 2.38. The summed E-state index contributed by atoms with van der Waals surface area (Å²) in [5.41, 5.74) is 0.566. The summed E-state index contributed by atoms with van der Waals surface area (Å²) in [5.74, 6) is 1.45. The molecule has 0 atom stereocenters. The summed E-state index contributed by atoms with van der Waals surface area (Å²) >= 11 is 0. The Morgan fingerprint density at radius 3 is 2.74 bits per heavy atom. The Balaban J connectivity index is 2.09. The molecule has 0 unspecified atom stereocenters. The van der Waals surface area contributed by atoms with Gasteiger partial charge in [0.15, 0.2) is 18.1 Å². The zero-order chi connectivity index (χ0) is 13.8. The molecule has 1 amide bonds. The van der Waals surface area contributed by atoms with Gasteiger partial charge in [0.25, 0.3) is 5.91 Å². The van der Waals surface area contributed by atoms with Gasteiger partial charge in [0.05, 0.1) is 6.61 Å². The number of fused-ring (bicyclic) bond motifs is 1. The Bertz CT molecular complexity index is 474. The highest BCUT2D eigenvalue weighted by molar-refractivity contribution is 5.77. The molecule has 1 aliphatic rings. The van der Waals surface area contributed by atoms with Crippen LogP contribution in [0.15, 0.2) is 12.1 Å². The lowest BCUT2D eigenvalue weighted by atomic mass is 10.2. The van der Waals surface area contributed by atoms with Crippen molar-refractivity contribution < 1.29 is 24.1 Å². The predicted octanol–water partition coefficient (Wildman–Crippen LogP) is 0.765. The number of aliphatic hydroxyl groups excluding tert-OH is 1. The number of carbonyl (C=O) groups is 1. The van der Waals surface area contributed by atoms with Crippen molar-refractivity contribution in [3.05, 3.63) is 17.7 Å². The second-order valence-corrected chi connectivity index (χ2v) is 4.17. The highest BCUT2D eigenvalue weighted by atomic mass is 16.7. The molecule has 1 aromatic rings. The third-order valence-corrected chi connectivity index (χ3v) is 2.98. The van der Waals surface area contributed by atoms with Gasteiger partial charge >= 0.3 is 0 Å². The Morgan fingerprint density at radius 2 is 2.11 bits per heavy atom. The molecule has 2 rings (SSSR count). The van der Waals surface area contributed by atoms with Crippen molar-refractivity contribution in [3.8, 4) is 17.2 Å². The maximum Gasteiger partial charge on any atom is 0.260 e. The summed E-state index contributed by atoms with van der Waals surface area (Å²) in [6, 6.07) is 3.29. The van der Waals surface area contributed by atoms with Gasteiger partial charge in [-0.15, -0.1) is 0 Å². The SMILES string of the molecule is CCN(C)C(=O)COc1cc2c(cc1CO)OCO2. The number of hydrogen-bond donors (Lipinski definition) is 1. The number of benzene rings is 1. The number of aliphatic hydroxyl groups is 1. The standard InChI is InChI=1S/C13H17NO5/c1-3-14(2)13(16)7-17-10-5-12-11(18-8-19-12)4-9(10)6-15/h4-5,15H,3,6-8H2,1-2H3. The maximum absolute atomic E-state index is 11.7. The molecule has 0 fully saturated rings. The minimum absolute atomic E-state index is 0.0724. The van der Waals surface area contributed by atoms with E-state index in [1.807, 2.05) is 6.92 Å². The van der Waals surface area contributed by atoms with Crippen LogP contribution in [0.5, 0.6) is 17.2 Å². The van der Waals surface area contributed by atoms with Crippen LogP contribution in [0.1, 0.15) is 12.5 Å². The highest BCUT2D eigenvalue weighted by Gasteiger charge is 2.18. The van der Waals surface area contributed by atoms with E-state index in [0.29, 0.717) is 29.4 Å². The fourth-order valence-electron chi connectivity index (χ4n) is 1.65. The van der Waals surface area contributed by atoms with Crippen LogP contribution in [-0.4, -0.2) is 42.9 Å². The molecule has 0 saturated heterocycles. The third kappa shape index (κ3) is 2.90. The first-order valence-electron chi connectivity index (χ1n) is 6.05. The summed E-state index contributed by atoms with van der Waals surface area (Å²) in [6.45, 7) is 2.40. The molecule has 0 bridgehead atoms. The van der Waals surface area contributed by atoms with E-state index >= 15 is 0 Å². The molecule has 0 saturated carbocycles. The molecule has 0 spiro atoms. The van der Waals surface area contributed by atoms with Crippen molar-refractivity contribution in [2.75, 3.05) is 27.0 Å². The van der Waals surface area contributed by atoms with Crippen molar-refractivity contribution in [2.45, 2.75) is 13.5 Å². The maximum atomic E-state index is 11.7. The normalized spacial score (nSPS) is 12.4. The van der Waals surface area contributed by atoms with E-state index in [2.05, 4.69) is 0 Å². The second-order valence-electron chi connectivity index (χ2n) is 4.17. The van der Waals surface area contributed by atoms with Gasteiger partial charge in [-0.3, -0.25) is 4.79 Å². The van der Waals surface area contributed by atoms with Crippen LogP contribution in [0.3, 0.4) is 0 Å². The molecule has 6 nitrogen and oxygen atoms in total. The van der Waals surface area contributed by atoms with Crippen LogP contribution in [0.4, 0.5) is 0 Å². The summed E-state index contributed by atoms with van der Waals surface area (Å²) in [4.78, 5) is 13.2. The van der Waals surface area contributed by atoms with Gasteiger partial charge in [0, 0.05) is 25.2 Å². The van der Waals surface area contributed by atoms with Gasteiger partial charge in [-0.25, -0.2) is 0 Å². The van der Waals surface area contributed by atoms with E-state index in [-0.39, 0.29) is 25.9 Å².